The molecule has 0 spiro atoms. The number of aliphatic hydroxyl groups excluding tert-OH is 2. The van der Waals surface area contributed by atoms with Gasteiger partial charge in [-0.25, -0.2) is 4.79 Å². The standard InChI is InChI=1S/C12H19ClN2O5/c1-3-5-12(7-16,20-2)9(18)10(13)15-6-4-8(17)14-11(15)19/h4,6,9-10,16,18H,3,5,7H2,1-2H3,(H,14,17,19)/t9-,10-,12+/m0/s1. The molecule has 0 unspecified atom stereocenters. The number of hydrogen-bond donors (Lipinski definition) is 3. The first-order valence-electron chi connectivity index (χ1n) is 6.21. The van der Waals surface area contributed by atoms with E-state index in [1.807, 2.05) is 11.9 Å². The van der Waals surface area contributed by atoms with E-state index in [1.54, 1.807) is 0 Å². The van der Waals surface area contributed by atoms with Crippen LogP contribution in [-0.2, 0) is 4.74 Å². The number of rotatable bonds is 7. The van der Waals surface area contributed by atoms with E-state index in [4.69, 9.17) is 16.3 Å². The van der Waals surface area contributed by atoms with Crippen molar-refractivity contribution in [1.29, 1.82) is 0 Å². The Morgan fingerprint density at radius 2 is 2.20 bits per heavy atom. The van der Waals surface area contributed by atoms with Crippen LogP contribution in [0.5, 0.6) is 0 Å². The van der Waals surface area contributed by atoms with Crippen molar-refractivity contribution in [2.45, 2.75) is 37.0 Å². The van der Waals surface area contributed by atoms with Gasteiger partial charge in [-0.1, -0.05) is 24.9 Å². The van der Waals surface area contributed by atoms with Crippen LogP contribution < -0.4 is 11.2 Å². The average Bonchev–Trinajstić information content (AvgIpc) is 2.43. The SMILES string of the molecule is CCC[C@](CO)(OC)[C@@H](O)[C@@H](Cl)n1ccc(=O)[nH]c1=O. The highest BCUT2D eigenvalue weighted by Gasteiger charge is 2.42. The third-order valence-corrected chi connectivity index (χ3v) is 3.71. The number of nitrogens with one attached hydrogen (secondary N) is 1. The van der Waals surface area contributed by atoms with E-state index < -0.39 is 35.1 Å². The quantitative estimate of drug-likeness (QED) is 0.606. The van der Waals surface area contributed by atoms with Crippen molar-refractivity contribution in [2.75, 3.05) is 13.7 Å². The molecule has 0 aliphatic heterocycles. The lowest BCUT2D eigenvalue weighted by Gasteiger charge is -2.37. The summed E-state index contributed by atoms with van der Waals surface area (Å²) >= 11 is 6.09. The Morgan fingerprint density at radius 3 is 2.65 bits per heavy atom. The number of aliphatic hydroxyl groups is 2. The number of nitrogens with zero attached hydrogens (tertiary/aromatic N) is 1. The lowest BCUT2D eigenvalue weighted by molar-refractivity contribution is -0.140. The molecular weight excluding hydrogens is 288 g/mol. The van der Waals surface area contributed by atoms with Crippen molar-refractivity contribution in [1.82, 2.24) is 9.55 Å². The van der Waals surface area contributed by atoms with Gasteiger partial charge in [-0.05, 0) is 6.42 Å². The highest BCUT2D eigenvalue weighted by atomic mass is 35.5. The van der Waals surface area contributed by atoms with Crippen LogP contribution >= 0.6 is 11.6 Å². The van der Waals surface area contributed by atoms with Crippen molar-refractivity contribution < 1.29 is 14.9 Å². The predicted octanol–water partition coefficient (Wildman–Crippen LogP) is -0.187. The molecule has 0 bridgehead atoms. The summed E-state index contributed by atoms with van der Waals surface area (Å²) in [6, 6.07) is 1.12. The summed E-state index contributed by atoms with van der Waals surface area (Å²) in [5, 5.41) is 19.8. The van der Waals surface area contributed by atoms with Gasteiger partial charge in [-0.3, -0.25) is 14.3 Å². The molecule has 7 nitrogen and oxygen atoms in total. The first-order valence-corrected chi connectivity index (χ1v) is 6.65. The van der Waals surface area contributed by atoms with Gasteiger partial charge in [0.25, 0.3) is 5.56 Å². The number of aromatic nitrogens is 2. The van der Waals surface area contributed by atoms with Gasteiger partial charge in [0.2, 0.25) is 0 Å². The number of methoxy groups -OCH3 is 1. The van der Waals surface area contributed by atoms with Crippen LogP contribution in [0.2, 0.25) is 0 Å². The first kappa shape index (κ1) is 16.9. The summed E-state index contributed by atoms with van der Waals surface area (Å²) in [6.07, 6.45) is 0.867. The Morgan fingerprint density at radius 1 is 1.55 bits per heavy atom. The molecule has 3 atom stereocenters. The molecule has 0 aromatic carbocycles. The predicted molar refractivity (Wildman–Crippen MR) is 74.0 cm³/mol. The van der Waals surface area contributed by atoms with Gasteiger partial charge in [0.05, 0.1) is 6.61 Å². The summed E-state index contributed by atoms with van der Waals surface area (Å²) in [4.78, 5) is 24.7. The fraction of sp³-hybridized carbons (Fsp3) is 0.667. The molecule has 3 N–H and O–H groups in total. The Labute approximate surface area is 120 Å². The summed E-state index contributed by atoms with van der Waals surface area (Å²) in [7, 11) is 1.36. The molecule has 0 saturated heterocycles. The van der Waals surface area contributed by atoms with Crippen LogP contribution in [0.4, 0.5) is 0 Å². The summed E-state index contributed by atoms with van der Waals surface area (Å²) in [6.45, 7) is 1.42. The van der Waals surface area contributed by atoms with E-state index in [2.05, 4.69) is 0 Å². The Kier molecular flexibility index (Phi) is 5.94. The van der Waals surface area contributed by atoms with Crippen molar-refractivity contribution in [3.8, 4) is 0 Å². The number of hydrogen-bond acceptors (Lipinski definition) is 5. The Hall–Kier alpha value is -1.15. The second-order valence-corrected chi connectivity index (χ2v) is 4.96. The maximum Gasteiger partial charge on any atom is 0.329 e. The Bertz CT molecular complexity index is 537. The summed E-state index contributed by atoms with van der Waals surface area (Å²) in [5.74, 6) is 0. The lowest BCUT2D eigenvalue weighted by Crippen LogP contribution is -2.51. The maximum absolute atomic E-state index is 11.7. The molecule has 1 rings (SSSR count). The van der Waals surface area contributed by atoms with Crippen LogP contribution in [0, 0.1) is 0 Å². The molecule has 0 fully saturated rings. The van der Waals surface area contributed by atoms with E-state index >= 15 is 0 Å². The van der Waals surface area contributed by atoms with Crippen molar-refractivity contribution in [2.24, 2.45) is 0 Å². The fourth-order valence-corrected chi connectivity index (χ4v) is 2.44. The molecule has 1 aromatic heterocycles. The molecule has 1 heterocycles. The Balaban J connectivity index is 3.14. The molecule has 0 aliphatic carbocycles. The van der Waals surface area contributed by atoms with Gasteiger partial charge in [-0.15, -0.1) is 0 Å². The van der Waals surface area contributed by atoms with Crippen LogP contribution in [0.1, 0.15) is 25.3 Å². The van der Waals surface area contributed by atoms with E-state index in [0.29, 0.717) is 12.8 Å². The minimum absolute atomic E-state index is 0.364. The minimum Gasteiger partial charge on any atom is -0.393 e. The lowest BCUT2D eigenvalue weighted by atomic mass is 9.91. The zero-order valence-electron chi connectivity index (χ0n) is 11.4. The normalized spacial score (nSPS) is 17.4. The topological polar surface area (TPSA) is 105 Å². The number of alkyl halides is 1. The van der Waals surface area contributed by atoms with Gasteiger partial charge < -0.3 is 14.9 Å². The fourth-order valence-electron chi connectivity index (χ4n) is 2.06. The molecule has 0 amide bonds. The monoisotopic (exact) mass is 306 g/mol. The number of aromatic amines is 1. The van der Waals surface area contributed by atoms with Gasteiger partial charge in [0, 0.05) is 19.4 Å². The molecule has 0 radical (unpaired) electrons. The number of halogens is 1. The molecule has 8 heteroatoms. The molecule has 0 saturated carbocycles. The van der Waals surface area contributed by atoms with Crippen LogP contribution in [0.3, 0.4) is 0 Å². The van der Waals surface area contributed by atoms with Gasteiger partial charge in [0.1, 0.15) is 17.2 Å². The minimum atomic E-state index is -1.33. The smallest absolute Gasteiger partial charge is 0.329 e. The van der Waals surface area contributed by atoms with Gasteiger partial charge in [0.15, 0.2) is 0 Å². The molecule has 114 valence electrons. The van der Waals surface area contributed by atoms with Crippen LogP contribution in [-0.4, -0.2) is 45.2 Å². The van der Waals surface area contributed by atoms with Gasteiger partial charge >= 0.3 is 5.69 Å². The maximum atomic E-state index is 11.7. The highest BCUT2D eigenvalue weighted by molar-refractivity contribution is 6.19. The second kappa shape index (κ2) is 7.03. The molecule has 20 heavy (non-hydrogen) atoms. The van der Waals surface area contributed by atoms with E-state index in [0.717, 1.165) is 10.6 Å². The molecular formula is C12H19ClN2O5. The van der Waals surface area contributed by atoms with E-state index in [1.165, 1.54) is 13.3 Å². The number of ether oxygens (including phenoxy) is 1. The first-order chi connectivity index (χ1) is 9.41. The van der Waals surface area contributed by atoms with E-state index in [9.17, 15) is 19.8 Å². The average molecular weight is 307 g/mol. The summed E-state index contributed by atoms with van der Waals surface area (Å²) < 4.78 is 6.20. The van der Waals surface area contributed by atoms with Gasteiger partial charge in [-0.2, -0.15) is 0 Å². The highest BCUT2D eigenvalue weighted by Crippen LogP contribution is 2.30. The second-order valence-electron chi connectivity index (χ2n) is 4.51. The summed E-state index contributed by atoms with van der Waals surface area (Å²) in [5.41, 5.74) is -3.75. The van der Waals surface area contributed by atoms with Crippen molar-refractivity contribution in [3.05, 3.63) is 33.1 Å². The molecule has 0 aliphatic rings. The largest absolute Gasteiger partial charge is 0.393 e. The van der Waals surface area contributed by atoms with Crippen LogP contribution in [0.25, 0.3) is 0 Å². The zero-order valence-corrected chi connectivity index (χ0v) is 12.1. The molecule has 1 aromatic rings. The number of H-pyrrole nitrogens is 1. The third-order valence-electron chi connectivity index (χ3n) is 3.26. The van der Waals surface area contributed by atoms with Crippen molar-refractivity contribution in [3.63, 3.8) is 0 Å². The van der Waals surface area contributed by atoms with Crippen LogP contribution in [0.15, 0.2) is 21.9 Å². The zero-order chi connectivity index (χ0) is 15.3. The van der Waals surface area contributed by atoms with E-state index in [-0.39, 0.29) is 0 Å². The third kappa shape index (κ3) is 3.29. The van der Waals surface area contributed by atoms with Crippen molar-refractivity contribution >= 4 is 11.6 Å².